The average Bonchev–Trinajstić information content (AvgIpc) is 3.21. The Morgan fingerprint density at radius 3 is 2.26 bits per heavy atom. The van der Waals surface area contributed by atoms with E-state index in [1.54, 1.807) is 17.0 Å². The summed E-state index contributed by atoms with van der Waals surface area (Å²) < 4.78 is 5.59. The van der Waals surface area contributed by atoms with Crippen LogP contribution in [0.15, 0.2) is 97.1 Å². The first-order valence-electron chi connectivity index (χ1n) is 10.3. The smallest absolute Gasteiger partial charge is 0.316 e. The molecule has 5 rings (SSSR count). The first kappa shape index (κ1) is 19.1. The minimum atomic E-state index is -0.486. The van der Waals surface area contributed by atoms with Crippen molar-refractivity contribution in [1.29, 1.82) is 0 Å². The van der Waals surface area contributed by atoms with Crippen LogP contribution in [0.2, 0.25) is 0 Å². The number of fused-ring (bicyclic) bond motifs is 1. The molecule has 31 heavy (non-hydrogen) atoms. The third-order valence-corrected chi connectivity index (χ3v) is 5.70. The normalized spacial score (nSPS) is 15.9. The molecule has 0 spiro atoms. The van der Waals surface area contributed by atoms with Crippen molar-refractivity contribution in [2.75, 3.05) is 11.4 Å². The van der Waals surface area contributed by atoms with E-state index in [4.69, 9.17) is 4.74 Å². The van der Waals surface area contributed by atoms with Gasteiger partial charge >= 0.3 is 5.97 Å². The number of amides is 1. The van der Waals surface area contributed by atoms with Crippen molar-refractivity contribution < 1.29 is 14.3 Å². The third kappa shape index (κ3) is 3.80. The zero-order chi connectivity index (χ0) is 21.2. The number of carbonyl (C=O) groups is 2. The fourth-order valence-corrected chi connectivity index (χ4v) is 4.09. The van der Waals surface area contributed by atoms with Gasteiger partial charge in [-0.05, 0) is 34.7 Å². The SMILES string of the molecule is O=C(Oc1ccc(-c2ccccc2)cc1)[C@H]1CC(=O)N(c2cccc3ccccc23)C1. The summed E-state index contributed by atoms with van der Waals surface area (Å²) in [7, 11) is 0. The molecule has 4 aromatic carbocycles. The Bertz CT molecular complexity index is 1240. The zero-order valence-electron chi connectivity index (χ0n) is 16.9. The largest absolute Gasteiger partial charge is 0.426 e. The summed E-state index contributed by atoms with van der Waals surface area (Å²) in [5, 5.41) is 2.07. The van der Waals surface area contributed by atoms with Gasteiger partial charge in [-0.3, -0.25) is 9.59 Å². The number of ether oxygens (including phenoxy) is 1. The number of esters is 1. The molecule has 1 heterocycles. The monoisotopic (exact) mass is 407 g/mol. The standard InChI is InChI=1S/C27H21NO3/c29-26-17-22(18-28(26)25-12-6-10-21-9-4-5-11-24(21)25)27(30)31-23-15-13-20(14-16-23)19-7-2-1-3-8-19/h1-16,22H,17-18H2/t22-/m0/s1. The maximum Gasteiger partial charge on any atom is 0.316 e. The van der Waals surface area contributed by atoms with Crippen molar-refractivity contribution >= 4 is 28.3 Å². The van der Waals surface area contributed by atoms with Crippen LogP contribution in [0.3, 0.4) is 0 Å². The molecule has 1 saturated heterocycles. The van der Waals surface area contributed by atoms with E-state index in [-0.39, 0.29) is 18.3 Å². The predicted octanol–water partition coefficient (Wildman–Crippen LogP) is 5.47. The Kier molecular flexibility index (Phi) is 4.97. The van der Waals surface area contributed by atoms with Crippen molar-refractivity contribution in [2.24, 2.45) is 5.92 Å². The highest BCUT2D eigenvalue weighted by atomic mass is 16.5. The first-order chi connectivity index (χ1) is 15.2. The van der Waals surface area contributed by atoms with Crippen LogP contribution in [0.1, 0.15) is 6.42 Å². The molecule has 0 radical (unpaired) electrons. The van der Waals surface area contributed by atoms with Gasteiger partial charge < -0.3 is 9.64 Å². The van der Waals surface area contributed by atoms with Crippen LogP contribution >= 0.6 is 0 Å². The molecule has 152 valence electrons. The van der Waals surface area contributed by atoms with Crippen molar-refractivity contribution in [2.45, 2.75) is 6.42 Å². The van der Waals surface area contributed by atoms with Crippen LogP contribution < -0.4 is 9.64 Å². The van der Waals surface area contributed by atoms with E-state index < -0.39 is 5.92 Å². The second-order valence-electron chi connectivity index (χ2n) is 7.72. The highest BCUT2D eigenvalue weighted by Crippen LogP contribution is 2.32. The Morgan fingerprint density at radius 2 is 1.45 bits per heavy atom. The van der Waals surface area contributed by atoms with E-state index in [2.05, 4.69) is 0 Å². The molecule has 0 unspecified atom stereocenters. The van der Waals surface area contributed by atoms with E-state index in [1.165, 1.54) is 0 Å². The zero-order valence-corrected chi connectivity index (χ0v) is 16.9. The Hall–Kier alpha value is -3.92. The first-order valence-corrected chi connectivity index (χ1v) is 10.3. The van der Waals surface area contributed by atoms with E-state index in [0.717, 1.165) is 27.6 Å². The number of rotatable bonds is 4. The predicted molar refractivity (Wildman–Crippen MR) is 122 cm³/mol. The Morgan fingerprint density at radius 1 is 0.774 bits per heavy atom. The summed E-state index contributed by atoms with van der Waals surface area (Å²) in [5.41, 5.74) is 3.00. The maximum absolute atomic E-state index is 12.8. The lowest BCUT2D eigenvalue weighted by Gasteiger charge is -2.18. The summed E-state index contributed by atoms with van der Waals surface area (Å²) in [5.74, 6) is -0.428. The molecule has 1 aliphatic heterocycles. The van der Waals surface area contributed by atoms with Crippen LogP contribution in [0.4, 0.5) is 5.69 Å². The molecule has 0 aromatic heterocycles. The summed E-state index contributed by atoms with van der Waals surface area (Å²) in [6.45, 7) is 0.327. The molecule has 4 aromatic rings. The number of benzene rings is 4. The highest BCUT2D eigenvalue weighted by Gasteiger charge is 2.37. The molecule has 1 atom stereocenters. The second-order valence-corrected chi connectivity index (χ2v) is 7.72. The third-order valence-electron chi connectivity index (χ3n) is 5.70. The highest BCUT2D eigenvalue weighted by molar-refractivity contribution is 6.06. The van der Waals surface area contributed by atoms with Gasteiger partial charge in [-0.25, -0.2) is 0 Å². The summed E-state index contributed by atoms with van der Waals surface area (Å²) in [6, 6.07) is 31.3. The van der Waals surface area contributed by atoms with Crippen LogP contribution in [0.25, 0.3) is 21.9 Å². The van der Waals surface area contributed by atoms with Gasteiger partial charge in [0.2, 0.25) is 5.91 Å². The number of nitrogens with zero attached hydrogens (tertiary/aromatic N) is 1. The lowest BCUT2D eigenvalue weighted by atomic mass is 10.1. The number of anilines is 1. The molecule has 0 bridgehead atoms. The van der Waals surface area contributed by atoms with Crippen molar-refractivity contribution in [3.05, 3.63) is 97.1 Å². The van der Waals surface area contributed by atoms with Gasteiger partial charge in [-0.1, -0.05) is 78.9 Å². The second kappa shape index (κ2) is 8.07. The summed E-state index contributed by atoms with van der Waals surface area (Å²) >= 11 is 0. The lowest BCUT2D eigenvalue weighted by molar-refractivity contribution is -0.139. The van der Waals surface area contributed by atoms with Gasteiger partial charge in [0.15, 0.2) is 0 Å². The Labute approximate surface area is 180 Å². The summed E-state index contributed by atoms with van der Waals surface area (Å²) in [6.07, 6.45) is 0.157. The molecule has 1 fully saturated rings. The maximum atomic E-state index is 12.8. The van der Waals surface area contributed by atoms with Crippen molar-refractivity contribution in [3.63, 3.8) is 0 Å². The van der Waals surface area contributed by atoms with Gasteiger partial charge in [0.05, 0.1) is 11.6 Å². The van der Waals surface area contributed by atoms with Crippen molar-refractivity contribution in [3.8, 4) is 16.9 Å². The Balaban J connectivity index is 1.30. The van der Waals surface area contributed by atoms with Crippen LogP contribution in [0.5, 0.6) is 5.75 Å². The summed E-state index contributed by atoms with van der Waals surface area (Å²) in [4.78, 5) is 27.2. The fraction of sp³-hybridized carbons (Fsp3) is 0.111. The minimum absolute atomic E-state index is 0.0577. The van der Waals surface area contributed by atoms with Crippen LogP contribution in [-0.4, -0.2) is 18.4 Å². The van der Waals surface area contributed by atoms with Gasteiger partial charge in [-0.2, -0.15) is 0 Å². The molecule has 1 amide bonds. The van der Waals surface area contributed by atoms with E-state index in [1.807, 2.05) is 84.9 Å². The number of hydrogen-bond acceptors (Lipinski definition) is 3. The van der Waals surface area contributed by atoms with Gasteiger partial charge in [0, 0.05) is 18.4 Å². The van der Waals surface area contributed by atoms with E-state index >= 15 is 0 Å². The van der Waals surface area contributed by atoms with E-state index in [9.17, 15) is 9.59 Å². The molecular weight excluding hydrogens is 386 g/mol. The lowest BCUT2D eigenvalue weighted by Crippen LogP contribution is -2.27. The average molecular weight is 407 g/mol. The van der Waals surface area contributed by atoms with Crippen LogP contribution in [0, 0.1) is 5.92 Å². The number of hydrogen-bond donors (Lipinski definition) is 0. The fourth-order valence-electron chi connectivity index (χ4n) is 4.09. The number of carbonyl (C=O) groups excluding carboxylic acids is 2. The molecule has 0 saturated carbocycles. The van der Waals surface area contributed by atoms with Crippen molar-refractivity contribution in [1.82, 2.24) is 0 Å². The van der Waals surface area contributed by atoms with Gasteiger partial charge in [-0.15, -0.1) is 0 Å². The molecular formula is C27H21NO3. The van der Waals surface area contributed by atoms with Gasteiger partial charge in [0.1, 0.15) is 5.75 Å². The topological polar surface area (TPSA) is 46.6 Å². The quantitative estimate of drug-likeness (QED) is 0.333. The van der Waals surface area contributed by atoms with E-state index in [0.29, 0.717) is 12.3 Å². The molecule has 0 aliphatic carbocycles. The van der Waals surface area contributed by atoms with Gasteiger partial charge in [0.25, 0.3) is 0 Å². The molecule has 0 N–H and O–H groups in total. The molecule has 4 nitrogen and oxygen atoms in total. The van der Waals surface area contributed by atoms with Crippen LogP contribution in [-0.2, 0) is 9.59 Å². The minimum Gasteiger partial charge on any atom is -0.426 e. The molecule has 1 aliphatic rings. The molecule has 4 heteroatoms.